The lowest BCUT2D eigenvalue weighted by Gasteiger charge is -2.48. The maximum atomic E-state index is 14.3. The van der Waals surface area contributed by atoms with E-state index in [4.69, 9.17) is 33.2 Å². The fourth-order valence-corrected chi connectivity index (χ4v) is 8.73. The van der Waals surface area contributed by atoms with Gasteiger partial charge in [-0.1, -0.05) is 20.8 Å². The number of nitrogens with zero attached hydrogens (tertiary/aromatic N) is 1. The predicted molar refractivity (Wildman–Crippen MR) is 184 cm³/mol. The minimum absolute atomic E-state index is 0.174. The minimum atomic E-state index is -1.82. The van der Waals surface area contributed by atoms with Gasteiger partial charge in [-0.05, 0) is 81.0 Å². The number of hydrogen-bond acceptors (Lipinski definition) is 13. The third-order valence-electron chi connectivity index (χ3n) is 11.9. The summed E-state index contributed by atoms with van der Waals surface area (Å²) in [4.78, 5) is 16.2. The van der Waals surface area contributed by atoms with Gasteiger partial charge in [0.2, 0.25) is 0 Å². The number of esters is 1. The SMILES string of the molecule is CC[C@H](O)C(C)(O)[C@@H]1OC(=O)[C@H](C)[C@H](OC2CC(C)(OC)C(O)C(C)O2)[C@@H](C)[C@H](OC2OC(C)CC(N(C)C)C2O)[C@]2(C)CC(C)=C(O2)[C@@H]1C. The van der Waals surface area contributed by atoms with Crippen LogP contribution in [0.25, 0.3) is 0 Å². The number of ether oxygens (including phenoxy) is 7. The lowest BCUT2D eigenvalue weighted by Crippen LogP contribution is -2.60. The summed E-state index contributed by atoms with van der Waals surface area (Å²) in [5.41, 5.74) is -2.95. The molecule has 17 atom stereocenters. The van der Waals surface area contributed by atoms with Crippen molar-refractivity contribution in [1.29, 1.82) is 0 Å². The van der Waals surface area contributed by atoms with Gasteiger partial charge in [-0.2, -0.15) is 0 Å². The highest BCUT2D eigenvalue weighted by atomic mass is 16.7. The van der Waals surface area contributed by atoms with Crippen LogP contribution in [0.4, 0.5) is 0 Å². The maximum absolute atomic E-state index is 14.3. The first kappa shape index (κ1) is 41.4. The summed E-state index contributed by atoms with van der Waals surface area (Å²) in [6.45, 7) is 18.0. The number of fused-ring (bicyclic) bond motifs is 2. The number of aliphatic hydroxyl groups is 4. The molecule has 13 nitrogen and oxygen atoms in total. The van der Waals surface area contributed by atoms with Crippen molar-refractivity contribution in [3.63, 3.8) is 0 Å². The number of aliphatic hydroxyl groups excluding tert-OH is 3. The Labute approximate surface area is 298 Å². The van der Waals surface area contributed by atoms with Crippen LogP contribution in [0.2, 0.25) is 0 Å². The van der Waals surface area contributed by atoms with Gasteiger partial charge in [0.25, 0.3) is 0 Å². The Morgan fingerprint density at radius 3 is 2.28 bits per heavy atom. The Bertz CT molecular complexity index is 1210. The van der Waals surface area contributed by atoms with Crippen molar-refractivity contribution < 1.29 is 58.4 Å². The second-order valence-corrected chi connectivity index (χ2v) is 16.3. The van der Waals surface area contributed by atoms with E-state index in [-0.39, 0.29) is 25.0 Å². The van der Waals surface area contributed by atoms with Crippen LogP contribution >= 0.6 is 0 Å². The third-order valence-corrected chi connectivity index (χ3v) is 11.9. The molecule has 4 N–H and O–H groups in total. The molecular weight excluding hydrogens is 650 g/mol. The van der Waals surface area contributed by atoms with Crippen LogP contribution in [0.15, 0.2) is 11.3 Å². The number of likely N-dealkylation sites (N-methyl/N-ethyl adjacent to an activating group) is 1. The average Bonchev–Trinajstić information content (AvgIpc) is 3.36. The molecule has 4 aliphatic heterocycles. The van der Waals surface area contributed by atoms with E-state index in [1.807, 2.05) is 53.6 Å². The van der Waals surface area contributed by atoms with Gasteiger partial charge in [0.1, 0.15) is 41.4 Å². The van der Waals surface area contributed by atoms with Gasteiger partial charge < -0.3 is 58.5 Å². The molecule has 0 spiro atoms. The van der Waals surface area contributed by atoms with E-state index in [2.05, 4.69) is 0 Å². The average molecular weight is 716 g/mol. The van der Waals surface area contributed by atoms with Crippen LogP contribution in [0.1, 0.15) is 94.9 Å². The van der Waals surface area contributed by atoms with Crippen molar-refractivity contribution in [3.8, 4) is 0 Å². The summed E-state index contributed by atoms with van der Waals surface area (Å²) in [5.74, 6) is -2.26. The molecule has 4 heterocycles. The molecule has 2 bridgehead atoms. The van der Waals surface area contributed by atoms with Gasteiger partial charge in [0, 0.05) is 31.9 Å². The smallest absolute Gasteiger partial charge is 0.311 e. The fraction of sp³-hybridized carbons (Fsp3) is 0.919. The normalized spacial score (nSPS) is 46.5. The topological polar surface area (TPSA) is 166 Å². The zero-order chi connectivity index (χ0) is 37.7. The predicted octanol–water partition coefficient (Wildman–Crippen LogP) is 2.89. The first-order chi connectivity index (χ1) is 23.1. The Balaban J connectivity index is 1.83. The Morgan fingerprint density at radius 1 is 1.06 bits per heavy atom. The van der Waals surface area contributed by atoms with E-state index in [1.165, 1.54) is 14.0 Å². The Kier molecular flexibility index (Phi) is 12.8. The van der Waals surface area contributed by atoms with Crippen molar-refractivity contribution in [1.82, 2.24) is 4.90 Å². The summed E-state index contributed by atoms with van der Waals surface area (Å²) in [6.07, 6.45) is -7.24. The van der Waals surface area contributed by atoms with Crippen molar-refractivity contribution in [2.45, 2.75) is 179 Å². The fourth-order valence-electron chi connectivity index (χ4n) is 8.73. The molecule has 3 fully saturated rings. The first-order valence-electron chi connectivity index (χ1n) is 18.3. The highest BCUT2D eigenvalue weighted by Crippen LogP contribution is 2.48. The summed E-state index contributed by atoms with van der Waals surface area (Å²) < 4.78 is 44.8. The molecular formula is C37H65NO12. The number of methoxy groups -OCH3 is 1. The second-order valence-electron chi connectivity index (χ2n) is 16.3. The van der Waals surface area contributed by atoms with Crippen molar-refractivity contribution in [2.24, 2.45) is 17.8 Å². The van der Waals surface area contributed by atoms with E-state index in [0.29, 0.717) is 18.6 Å². The number of cyclic esters (lactones) is 1. The quantitative estimate of drug-likeness (QED) is 0.258. The van der Waals surface area contributed by atoms with Crippen LogP contribution < -0.4 is 0 Å². The van der Waals surface area contributed by atoms with Gasteiger partial charge in [-0.3, -0.25) is 4.79 Å². The van der Waals surface area contributed by atoms with Gasteiger partial charge in [-0.25, -0.2) is 0 Å². The molecule has 290 valence electrons. The van der Waals surface area contributed by atoms with Crippen LogP contribution in [-0.2, 0) is 38.0 Å². The molecule has 13 heteroatoms. The van der Waals surface area contributed by atoms with E-state index < -0.39 is 95.8 Å². The molecule has 0 aromatic rings. The first-order valence-corrected chi connectivity index (χ1v) is 18.3. The molecule has 3 saturated heterocycles. The van der Waals surface area contributed by atoms with Gasteiger partial charge in [0.05, 0.1) is 41.9 Å². The van der Waals surface area contributed by atoms with Gasteiger partial charge in [0.15, 0.2) is 12.6 Å². The number of hydrogen-bond donors (Lipinski definition) is 4. The summed E-state index contributed by atoms with van der Waals surface area (Å²) in [5, 5.41) is 45.2. The van der Waals surface area contributed by atoms with Crippen molar-refractivity contribution >= 4 is 5.97 Å². The third kappa shape index (κ3) is 7.93. The van der Waals surface area contributed by atoms with Crippen molar-refractivity contribution in [2.75, 3.05) is 21.2 Å². The molecule has 0 radical (unpaired) electrons. The van der Waals surface area contributed by atoms with E-state index in [0.717, 1.165) is 5.57 Å². The lowest BCUT2D eigenvalue weighted by molar-refractivity contribution is -0.316. The zero-order valence-corrected chi connectivity index (χ0v) is 32.4. The van der Waals surface area contributed by atoms with Crippen LogP contribution in [-0.4, -0.2) is 137 Å². The Hall–Kier alpha value is -1.39. The molecule has 50 heavy (non-hydrogen) atoms. The maximum Gasteiger partial charge on any atom is 0.311 e. The lowest BCUT2D eigenvalue weighted by atomic mass is 9.78. The molecule has 4 aliphatic rings. The van der Waals surface area contributed by atoms with Gasteiger partial charge in [-0.15, -0.1) is 0 Å². The molecule has 0 aromatic heterocycles. The van der Waals surface area contributed by atoms with Gasteiger partial charge >= 0.3 is 5.97 Å². The second kappa shape index (κ2) is 15.5. The molecule has 4 rings (SSSR count). The van der Waals surface area contributed by atoms with Crippen molar-refractivity contribution in [3.05, 3.63) is 11.3 Å². The molecule has 0 aromatic carbocycles. The molecule has 0 amide bonds. The van der Waals surface area contributed by atoms with Crippen LogP contribution in [0.3, 0.4) is 0 Å². The number of carbonyl (C=O) groups is 1. The summed E-state index contributed by atoms with van der Waals surface area (Å²) in [6, 6.07) is -0.223. The molecule has 0 saturated carbocycles. The number of carbonyl (C=O) groups excluding carboxylic acids is 1. The highest BCUT2D eigenvalue weighted by Gasteiger charge is 2.57. The van der Waals surface area contributed by atoms with Crippen LogP contribution in [0.5, 0.6) is 0 Å². The monoisotopic (exact) mass is 715 g/mol. The molecule has 0 aliphatic carbocycles. The minimum Gasteiger partial charge on any atom is -0.488 e. The highest BCUT2D eigenvalue weighted by molar-refractivity contribution is 5.73. The van der Waals surface area contributed by atoms with E-state index in [9.17, 15) is 25.2 Å². The van der Waals surface area contributed by atoms with E-state index >= 15 is 0 Å². The Morgan fingerprint density at radius 2 is 1.70 bits per heavy atom. The summed E-state index contributed by atoms with van der Waals surface area (Å²) >= 11 is 0. The molecule has 9 unspecified atom stereocenters. The standard InChI is InChI=1S/C37H65NO12/c1-14-25(39)37(10,43)32-20(4)28-18(2)16-36(9,50-28)31(49-34-27(40)24(38(11)12)15-19(3)45-34)21(5)29(22(6)33(42)48-32)47-26-17-35(8,44-13)30(41)23(7)46-26/h19-27,29-32,34,39-41,43H,14-17H2,1-13H3/t19?,20-,21+,22+,23?,24?,25-,26?,27?,29+,30?,31-,32+,34?,35?,36-,37?/m0/s1. The van der Waals surface area contributed by atoms with Crippen LogP contribution in [0, 0.1) is 17.8 Å². The van der Waals surface area contributed by atoms with E-state index in [1.54, 1.807) is 27.7 Å². The largest absolute Gasteiger partial charge is 0.488 e. The number of rotatable bonds is 9. The zero-order valence-electron chi connectivity index (χ0n) is 32.4. The summed E-state index contributed by atoms with van der Waals surface area (Å²) in [7, 11) is 5.35.